The highest BCUT2D eigenvalue weighted by Crippen LogP contribution is 2.21. The quantitative estimate of drug-likeness (QED) is 0.775. The molecule has 4 heteroatoms. The van der Waals surface area contributed by atoms with Gasteiger partial charge in [0.2, 0.25) is 5.91 Å². The SMILES string of the molecule is Cc1ccc(N(Cc2ccc(F)cc2)C(=O)CCl)cc1C. The predicted molar refractivity (Wildman–Crippen MR) is 84.2 cm³/mol. The van der Waals surface area contributed by atoms with Crippen molar-refractivity contribution in [2.24, 2.45) is 0 Å². The summed E-state index contributed by atoms with van der Waals surface area (Å²) in [5.74, 6) is -0.557. The summed E-state index contributed by atoms with van der Waals surface area (Å²) < 4.78 is 13.0. The van der Waals surface area contributed by atoms with Gasteiger partial charge in [-0.1, -0.05) is 18.2 Å². The maximum atomic E-state index is 13.0. The first-order valence-corrected chi connectivity index (χ1v) is 7.22. The van der Waals surface area contributed by atoms with Crippen LogP contribution in [0.4, 0.5) is 10.1 Å². The Morgan fingerprint density at radius 1 is 1.10 bits per heavy atom. The van der Waals surface area contributed by atoms with Gasteiger partial charge in [-0.05, 0) is 54.8 Å². The van der Waals surface area contributed by atoms with Crippen LogP contribution in [0.5, 0.6) is 0 Å². The molecule has 2 rings (SSSR count). The Hall–Kier alpha value is -1.87. The van der Waals surface area contributed by atoms with Gasteiger partial charge in [-0.2, -0.15) is 0 Å². The molecule has 0 aliphatic rings. The van der Waals surface area contributed by atoms with Crippen LogP contribution in [0.1, 0.15) is 16.7 Å². The van der Waals surface area contributed by atoms with Crippen molar-refractivity contribution in [3.8, 4) is 0 Å². The molecular formula is C17H17ClFNO. The van der Waals surface area contributed by atoms with E-state index in [-0.39, 0.29) is 17.6 Å². The van der Waals surface area contributed by atoms with Gasteiger partial charge >= 0.3 is 0 Å². The topological polar surface area (TPSA) is 20.3 Å². The van der Waals surface area contributed by atoms with Crippen molar-refractivity contribution in [2.75, 3.05) is 10.8 Å². The Labute approximate surface area is 129 Å². The van der Waals surface area contributed by atoms with E-state index >= 15 is 0 Å². The van der Waals surface area contributed by atoms with Crippen LogP contribution in [0, 0.1) is 19.7 Å². The Morgan fingerprint density at radius 2 is 1.76 bits per heavy atom. The van der Waals surface area contributed by atoms with Crippen LogP contribution >= 0.6 is 11.6 Å². The molecule has 0 saturated heterocycles. The van der Waals surface area contributed by atoms with E-state index in [1.165, 1.54) is 17.7 Å². The number of benzene rings is 2. The summed E-state index contributed by atoms with van der Waals surface area (Å²) in [6.07, 6.45) is 0. The summed E-state index contributed by atoms with van der Waals surface area (Å²) in [4.78, 5) is 13.7. The first-order chi connectivity index (χ1) is 10.0. The van der Waals surface area contributed by atoms with Crippen LogP contribution in [0.3, 0.4) is 0 Å². The molecule has 21 heavy (non-hydrogen) atoms. The molecule has 0 bridgehead atoms. The number of hydrogen-bond donors (Lipinski definition) is 0. The molecule has 110 valence electrons. The van der Waals surface area contributed by atoms with Crippen molar-refractivity contribution < 1.29 is 9.18 Å². The van der Waals surface area contributed by atoms with Gasteiger partial charge < -0.3 is 4.90 Å². The second-order valence-corrected chi connectivity index (χ2v) is 5.28. The Morgan fingerprint density at radius 3 is 2.33 bits per heavy atom. The van der Waals surface area contributed by atoms with Gasteiger partial charge in [0.15, 0.2) is 0 Å². The van der Waals surface area contributed by atoms with Gasteiger partial charge in [0.25, 0.3) is 0 Å². The molecule has 0 atom stereocenters. The van der Waals surface area contributed by atoms with Crippen molar-refractivity contribution in [3.63, 3.8) is 0 Å². The van der Waals surface area contributed by atoms with Crippen LogP contribution in [0.2, 0.25) is 0 Å². The first kappa shape index (κ1) is 15.5. The van der Waals surface area contributed by atoms with E-state index in [9.17, 15) is 9.18 Å². The van der Waals surface area contributed by atoms with Gasteiger partial charge in [0.1, 0.15) is 11.7 Å². The van der Waals surface area contributed by atoms with E-state index in [4.69, 9.17) is 11.6 Å². The standard InChI is InChI=1S/C17H17ClFNO/c1-12-3-8-16(9-13(12)2)20(17(21)10-18)11-14-4-6-15(19)7-5-14/h3-9H,10-11H2,1-2H3. The third-order valence-electron chi connectivity index (χ3n) is 3.47. The number of carbonyl (C=O) groups excluding carboxylic acids is 1. The molecule has 0 aromatic heterocycles. The molecule has 2 aromatic carbocycles. The maximum Gasteiger partial charge on any atom is 0.242 e. The summed E-state index contributed by atoms with van der Waals surface area (Å²) in [7, 11) is 0. The van der Waals surface area contributed by atoms with E-state index in [2.05, 4.69) is 0 Å². The number of halogens is 2. The van der Waals surface area contributed by atoms with Crippen LogP contribution in [-0.4, -0.2) is 11.8 Å². The average Bonchev–Trinajstić information content (AvgIpc) is 2.49. The predicted octanol–water partition coefficient (Wildman–Crippen LogP) is 4.21. The zero-order chi connectivity index (χ0) is 15.4. The number of aryl methyl sites for hydroxylation is 2. The molecule has 0 unspecified atom stereocenters. The fraction of sp³-hybridized carbons (Fsp3) is 0.235. The van der Waals surface area contributed by atoms with Crippen molar-refractivity contribution in [2.45, 2.75) is 20.4 Å². The van der Waals surface area contributed by atoms with Crippen LogP contribution in [0.15, 0.2) is 42.5 Å². The van der Waals surface area contributed by atoms with Crippen molar-refractivity contribution in [1.82, 2.24) is 0 Å². The molecule has 0 fully saturated rings. The Kier molecular flexibility index (Phi) is 4.97. The number of carbonyl (C=O) groups is 1. The van der Waals surface area contributed by atoms with Crippen molar-refractivity contribution in [3.05, 3.63) is 65.0 Å². The molecule has 2 aromatic rings. The summed E-state index contributed by atoms with van der Waals surface area (Å²) in [6, 6.07) is 12.0. The number of hydrogen-bond acceptors (Lipinski definition) is 1. The third-order valence-corrected chi connectivity index (χ3v) is 3.70. The van der Waals surface area contributed by atoms with E-state index in [0.29, 0.717) is 6.54 Å². The van der Waals surface area contributed by atoms with E-state index < -0.39 is 0 Å². The van der Waals surface area contributed by atoms with Crippen LogP contribution in [-0.2, 0) is 11.3 Å². The summed E-state index contributed by atoms with van der Waals surface area (Å²) in [6.45, 7) is 4.39. The average molecular weight is 306 g/mol. The zero-order valence-corrected chi connectivity index (χ0v) is 12.8. The zero-order valence-electron chi connectivity index (χ0n) is 12.1. The van der Waals surface area contributed by atoms with E-state index in [1.54, 1.807) is 17.0 Å². The molecule has 1 amide bonds. The van der Waals surface area contributed by atoms with Crippen LogP contribution in [0.25, 0.3) is 0 Å². The smallest absolute Gasteiger partial charge is 0.242 e. The third kappa shape index (κ3) is 3.82. The van der Waals surface area contributed by atoms with E-state index in [0.717, 1.165) is 16.8 Å². The van der Waals surface area contributed by atoms with Crippen molar-refractivity contribution in [1.29, 1.82) is 0 Å². The molecule has 2 nitrogen and oxygen atoms in total. The lowest BCUT2D eigenvalue weighted by atomic mass is 10.1. The highest BCUT2D eigenvalue weighted by molar-refractivity contribution is 6.29. The number of rotatable bonds is 4. The summed E-state index contributed by atoms with van der Waals surface area (Å²) >= 11 is 5.71. The molecule has 0 heterocycles. The van der Waals surface area contributed by atoms with Gasteiger partial charge in [0, 0.05) is 5.69 Å². The molecule has 0 saturated carbocycles. The molecule has 0 aliphatic carbocycles. The fourth-order valence-electron chi connectivity index (χ4n) is 2.06. The second-order valence-electron chi connectivity index (χ2n) is 5.01. The first-order valence-electron chi connectivity index (χ1n) is 6.69. The van der Waals surface area contributed by atoms with Gasteiger partial charge in [-0.3, -0.25) is 4.79 Å². The number of amides is 1. The minimum Gasteiger partial charge on any atom is -0.307 e. The molecule has 0 spiro atoms. The van der Waals surface area contributed by atoms with Crippen molar-refractivity contribution >= 4 is 23.2 Å². The normalized spacial score (nSPS) is 10.5. The highest BCUT2D eigenvalue weighted by Gasteiger charge is 2.15. The molecular weight excluding hydrogens is 289 g/mol. The second kappa shape index (κ2) is 6.72. The Bertz CT molecular complexity index is 640. The minimum atomic E-state index is -0.292. The molecule has 0 N–H and O–H groups in total. The lowest BCUT2D eigenvalue weighted by Gasteiger charge is -2.23. The monoisotopic (exact) mass is 305 g/mol. The van der Waals surface area contributed by atoms with Crippen LogP contribution < -0.4 is 4.90 Å². The lowest BCUT2D eigenvalue weighted by Crippen LogP contribution is -2.31. The van der Waals surface area contributed by atoms with Gasteiger partial charge in [-0.15, -0.1) is 11.6 Å². The molecule has 0 aliphatic heterocycles. The summed E-state index contributed by atoms with van der Waals surface area (Å²) in [5.41, 5.74) is 3.93. The number of anilines is 1. The van der Waals surface area contributed by atoms with Gasteiger partial charge in [-0.25, -0.2) is 4.39 Å². The lowest BCUT2D eigenvalue weighted by molar-refractivity contribution is -0.116. The Balaban J connectivity index is 2.31. The van der Waals surface area contributed by atoms with Gasteiger partial charge in [0.05, 0.1) is 6.54 Å². The minimum absolute atomic E-state index is 0.0892. The molecule has 0 radical (unpaired) electrons. The largest absolute Gasteiger partial charge is 0.307 e. The highest BCUT2D eigenvalue weighted by atomic mass is 35.5. The number of nitrogens with zero attached hydrogens (tertiary/aromatic N) is 1. The van der Waals surface area contributed by atoms with E-state index in [1.807, 2.05) is 32.0 Å². The maximum absolute atomic E-state index is 13.0. The fourth-order valence-corrected chi connectivity index (χ4v) is 2.21. The summed E-state index contributed by atoms with van der Waals surface area (Å²) in [5, 5.41) is 0. The number of alkyl halides is 1.